The van der Waals surface area contributed by atoms with Gasteiger partial charge < -0.3 is 10.6 Å². The number of piperidine rings is 1. The van der Waals surface area contributed by atoms with E-state index in [1.165, 1.54) is 18.2 Å². The molecule has 2 rings (SSSR count). The topological polar surface area (TPSA) is 41.1 Å². The van der Waals surface area contributed by atoms with Crippen molar-refractivity contribution in [3.05, 3.63) is 34.6 Å². The van der Waals surface area contributed by atoms with E-state index in [2.05, 4.69) is 17.6 Å². The molecule has 0 aromatic heterocycles. The summed E-state index contributed by atoms with van der Waals surface area (Å²) >= 11 is 5.78. The van der Waals surface area contributed by atoms with Crippen molar-refractivity contribution in [3.8, 4) is 0 Å². The molecule has 1 aliphatic heterocycles. The molecule has 1 fully saturated rings. The Morgan fingerprint density at radius 3 is 2.95 bits per heavy atom. The fraction of sp³-hybridized carbons (Fsp3) is 0.462. The minimum absolute atomic E-state index is 0. The van der Waals surface area contributed by atoms with Crippen LogP contribution in [0.4, 0.5) is 4.39 Å². The first-order valence-corrected chi connectivity index (χ1v) is 6.42. The maximum atomic E-state index is 13.5. The Bertz CT molecular complexity index is 456. The molecule has 1 aliphatic rings. The Hall–Kier alpha value is -0.840. The Kier molecular flexibility index (Phi) is 6.04. The van der Waals surface area contributed by atoms with Crippen LogP contribution < -0.4 is 10.6 Å². The summed E-state index contributed by atoms with van der Waals surface area (Å²) in [6.07, 6.45) is 0.856. The first-order chi connectivity index (χ1) is 8.58. The summed E-state index contributed by atoms with van der Waals surface area (Å²) < 4.78 is 13.5. The van der Waals surface area contributed by atoms with Gasteiger partial charge in [-0.1, -0.05) is 18.5 Å². The second kappa shape index (κ2) is 7.08. The Balaban J connectivity index is 0.00000180. The molecule has 19 heavy (non-hydrogen) atoms. The van der Waals surface area contributed by atoms with Crippen molar-refractivity contribution in [1.29, 1.82) is 0 Å². The molecule has 0 bridgehead atoms. The van der Waals surface area contributed by atoms with Crippen molar-refractivity contribution >= 4 is 29.9 Å². The Morgan fingerprint density at radius 2 is 2.26 bits per heavy atom. The van der Waals surface area contributed by atoms with Gasteiger partial charge in [0.25, 0.3) is 5.91 Å². The maximum Gasteiger partial charge on any atom is 0.254 e. The molecule has 1 aromatic rings. The number of benzene rings is 1. The third kappa shape index (κ3) is 4.06. The number of carbonyl (C=O) groups is 1. The van der Waals surface area contributed by atoms with E-state index in [1.54, 1.807) is 0 Å². The smallest absolute Gasteiger partial charge is 0.254 e. The van der Waals surface area contributed by atoms with Gasteiger partial charge in [-0.05, 0) is 43.6 Å². The number of nitrogens with one attached hydrogen (secondary N) is 2. The van der Waals surface area contributed by atoms with Crippen LogP contribution in [0, 0.1) is 11.7 Å². The molecule has 6 heteroatoms. The predicted octanol–water partition coefficient (Wildman–Crippen LogP) is 2.63. The van der Waals surface area contributed by atoms with E-state index >= 15 is 0 Å². The van der Waals surface area contributed by atoms with Gasteiger partial charge in [-0.3, -0.25) is 4.79 Å². The highest BCUT2D eigenvalue weighted by Gasteiger charge is 2.24. The van der Waals surface area contributed by atoms with Crippen molar-refractivity contribution in [1.82, 2.24) is 10.6 Å². The maximum absolute atomic E-state index is 13.5. The van der Waals surface area contributed by atoms with E-state index in [4.69, 9.17) is 11.6 Å². The van der Waals surface area contributed by atoms with Gasteiger partial charge in [0.2, 0.25) is 0 Å². The lowest BCUT2D eigenvalue weighted by Crippen LogP contribution is -2.48. The summed E-state index contributed by atoms with van der Waals surface area (Å²) in [6, 6.07) is 4.08. The monoisotopic (exact) mass is 306 g/mol. The summed E-state index contributed by atoms with van der Waals surface area (Å²) in [5, 5.41) is 6.49. The zero-order valence-electron chi connectivity index (χ0n) is 10.6. The summed E-state index contributed by atoms with van der Waals surface area (Å²) in [5.74, 6) is -0.600. The van der Waals surface area contributed by atoms with Gasteiger partial charge in [0.15, 0.2) is 0 Å². The van der Waals surface area contributed by atoms with Crippen LogP contribution in [0.3, 0.4) is 0 Å². The largest absolute Gasteiger partial charge is 0.349 e. The number of hydrogen-bond acceptors (Lipinski definition) is 2. The third-order valence-corrected chi connectivity index (χ3v) is 3.51. The third-order valence-electron chi connectivity index (χ3n) is 3.27. The molecule has 0 spiro atoms. The van der Waals surface area contributed by atoms with E-state index in [-0.39, 0.29) is 24.0 Å². The van der Waals surface area contributed by atoms with Crippen molar-refractivity contribution in [2.75, 3.05) is 13.1 Å². The number of carbonyl (C=O) groups excluding carboxylic acids is 1. The quantitative estimate of drug-likeness (QED) is 0.882. The number of amides is 1. The molecular weight excluding hydrogens is 290 g/mol. The molecule has 0 aliphatic carbocycles. The van der Waals surface area contributed by atoms with Crippen LogP contribution in [0.2, 0.25) is 5.02 Å². The van der Waals surface area contributed by atoms with E-state index in [0.717, 1.165) is 19.5 Å². The molecule has 1 heterocycles. The first-order valence-electron chi connectivity index (χ1n) is 6.04. The van der Waals surface area contributed by atoms with E-state index in [0.29, 0.717) is 10.9 Å². The first kappa shape index (κ1) is 16.2. The van der Waals surface area contributed by atoms with Gasteiger partial charge in [0, 0.05) is 11.1 Å². The fourth-order valence-electron chi connectivity index (χ4n) is 2.15. The highest BCUT2D eigenvalue weighted by molar-refractivity contribution is 6.31. The van der Waals surface area contributed by atoms with Gasteiger partial charge in [-0.25, -0.2) is 4.39 Å². The summed E-state index contributed by atoms with van der Waals surface area (Å²) in [4.78, 5) is 12.0. The Labute approximate surface area is 123 Å². The van der Waals surface area contributed by atoms with E-state index in [1.807, 2.05) is 0 Å². The van der Waals surface area contributed by atoms with Crippen LogP contribution >= 0.6 is 24.0 Å². The van der Waals surface area contributed by atoms with Crippen LogP contribution in [0.1, 0.15) is 23.7 Å². The summed E-state index contributed by atoms with van der Waals surface area (Å²) in [5.41, 5.74) is 0.00762. The zero-order chi connectivity index (χ0) is 13.1. The second-order valence-electron chi connectivity index (χ2n) is 4.67. The molecule has 3 nitrogen and oxygen atoms in total. The standard InChI is InChI=1S/C13H16ClFN2O.ClH/c1-8-7-16-5-4-12(8)17-13(18)10-6-9(14)2-3-11(10)15;/h2-3,6,8,12,16H,4-5,7H2,1H3,(H,17,18);1H. The molecule has 2 N–H and O–H groups in total. The minimum atomic E-state index is -0.543. The van der Waals surface area contributed by atoms with Crippen molar-refractivity contribution < 1.29 is 9.18 Å². The second-order valence-corrected chi connectivity index (χ2v) is 5.11. The number of halogens is 3. The van der Waals surface area contributed by atoms with E-state index in [9.17, 15) is 9.18 Å². The number of hydrogen-bond donors (Lipinski definition) is 2. The average Bonchev–Trinajstić information content (AvgIpc) is 2.35. The van der Waals surface area contributed by atoms with Gasteiger partial charge in [-0.15, -0.1) is 12.4 Å². The zero-order valence-corrected chi connectivity index (χ0v) is 12.2. The minimum Gasteiger partial charge on any atom is -0.349 e. The van der Waals surface area contributed by atoms with Crippen LogP contribution in [0.25, 0.3) is 0 Å². The molecule has 1 aromatic carbocycles. The van der Waals surface area contributed by atoms with Gasteiger partial charge >= 0.3 is 0 Å². The molecule has 2 atom stereocenters. The lowest BCUT2D eigenvalue weighted by Gasteiger charge is -2.30. The Morgan fingerprint density at radius 1 is 1.53 bits per heavy atom. The molecule has 106 valence electrons. The van der Waals surface area contributed by atoms with E-state index < -0.39 is 11.7 Å². The fourth-order valence-corrected chi connectivity index (χ4v) is 2.32. The van der Waals surface area contributed by atoms with Gasteiger partial charge in [0.05, 0.1) is 5.56 Å². The van der Waals surface area contributed by atoms with Crippen LogP contribution in [0.15, 0.2) is 18.2 Å². The van der Waals surface area contributed by atoms with Gasteiger partial charge in [0.1, 0.15) is 5.82 Å². The highest BCUT2D eigenvalue weighted by Crippen LogP contribution is 2.16. The highest BCUT2D eigenvalue weighted by atomic mass is 35.5. The van der Waals surface area contributed by atoms with Crippen molar-refractivity contribution in [2.24, 2.45) is 5.92 Å². The lowest BCUT2D eigenvalue weighted by atomic mass is 9.95. The average molecular weight is 307 g/mol. The van der Waals surface area contributed by atoms with Crippen LogP contribution in [-0.2, 0) is 0 Å². The lowest BCUT2D eigenvalue weighted by molar-refractivity contribution is 0.0910. The summed E-state index contributed by atoms with van der Waals surface area (Å²) in [6.45, 7) is 3.79. The molecular formula is C13H17Cl2FN2O. The summed E-state index contributed by atoms with van der Waals surface area (Å²) in [7, 11) is 0. The van der Waals surface area contributed by atoms with Crippen molar-refractivity contribution in [2.45, 2.75) is 19.4 Å². The molecule has 1 amide bonds. The van der Waals surface area contributed by atoms with Crippen molar-refractivity contribution in [3.63, 3.8) is 0 Å². The molecule has 2 unspecified atom stereocenters. The van der Waals surface area contributed by atoms with Gasteiger partial charge in [-0.2, -0.15) is 0 Å². The molecule has 1 saturated heterocycles. The normalized spacial score (nSPS) is 22.5. The molecule has 0 saturated carbocycles. The van der Waals surface area contributed by atoms with Crippen LogP contribution in [0.5, 0.6) is 0 Å². The SMILES string of the molecule is CC1CNCCC1NC(=O)c1cc(Cl)ccc1F.Cl. The number of rotatable bonds is 2. The predicted molar refractivity (Wildman–Crippen MR) is 76.6 cm³/mol. The molecule has 0 radical (unpaired) electrons. The van der Waals surface area contributed by atoms with Crippen LogP contribution in [-0.4, -0.2) is 25.0 Å².